The number of rotatable bonds is 3. The zero-order valence-corrected chi connectivity index (χ0v) is 14.6. The molecule has 2 aliphatic rings. The molecule has 2 saturated heterocycles. The van der Waals surface area contributed by atoms with Gasteiger partial charge in [0.05, 0.1) is 10.5 Å². The molecule has 2 aromatic rings. The first-order valence-corrected chi connectivity index (χ1v) is 8.85. The van der Waals surface area contributed by atoms with Crippen LogP contribution in [0.3, 0.4) is 0 Å². The first-order chi connectivity index (χ1) is 12.5. The summed E-state index contributed by atoms with van der Waals surface area (Å²) in [5.41, 5.74) is 1.83. The molecule has 2 atom stereocenters. The molecule has 26 heavy (non-hydrogen) atoms. The normalized spacial score (nSPS) is 22.3. The van der Waals surface area contributed by atoms with E-state index in [0.29, 0.717) is 35.4 Å². The van der Waals surface area contributed by atoms with Gasteiger partial charge in [0.25, 0.3) is 11.6 Å². The van der Waals surface area contributed by atoms with Crippen molar-refractivity contribution in [1.29, 1.82) is 0 Å². The lowest BCUT2D eigenvalue weighted by atomic mass is 10.0. The van der Waals surface area contributed by atoms with Crippen LogP contribution in [0.25, 0.3) is 11.3 Å². The van der Waals surface area contributed by atoms with E-state index in [-0.39, 0.29) is 11.6 Å². The molecule has 2 unspecified atom stereocenters. The standard InChI is InChI=1S/C18H21N5O3/c1-21-11-16(17(20-21)12-2-6-15(7-3-12)23(25)26)18(24)22-9-8-13-4-5-14(10-22)19-13/h2-3,6-7,11,13-14,19H,4-5,8-10H2,1H3. The summed E-state index contributed by atoms with van der Waals surface area (Å²) in [5.74, 6) is -0.0270. The SMILES string of the molecule is Cn1cc(C(=O)N2CCC3CCC(C2)N3)c(-c2ccc([N+](=O)[O-])cc2)n1. The summed E-state index contributed by atoms with van der Waals surface area (Å²) in [6.45, 7) is 1.45. The maximum atomic E-state index is 13.1. The Morgan fingerprint density at radius 1 is 1.23 bits per heavy atom. The molecule has 1 amide bonds. The van der Waals surface area contributed by atoms with E-state index in [2.05, 4.69) is 10.4 Å². The van der Waals surface area contributed by atoms with Gasteiger partial charge < -0.3 is 10.2 Å². The maximum absolute atomic E-state index is 13.1. The van der Waals surface area contributed by atoms with Crippen LogP contribution in [-0.4, -0.2) is 50.7 Å². The van der Waals surface area contributed by atoms with Crippen LogP contribution < -0.4 is 5.32 Å². The monoisotopic (exact) mass is 355 g/mol. The number of likely N-dealkylation sites (tertiary alicyclic amines) is 1. The van der Waals surface area contributed by atoms with Crippen LogP contribution >= 0.6 is 0 Å². The molecule has 2 aliphatic heterocycles. The Morgan fingerprint density at radius 2 is 1.96 bits per heavy atom. The lowest BCUT2D eigenvalue weighted by Gasteiger charge is -2.24. The predicted molar refractivity (Wildman–Crippen MR) is 95.8 cm³/mol. The number of nitro groups is 1. The number of nitro benzene ring substituents is 1. The molecular weight excluding hydrogens is 334 g/mol. The van der Waals surface area contributed by atoms with Gasteiger partial charge >= 0.3 is 0 Å². The van der Waals surface area contributed by atoms with Gasteiger partial charge in [-0.05, 0) is 31.4 Å². The summed E-state index contributed by atoms with van der Waals surface area (Å²) in [4.78, 5) is 25.5. The van der Waals surface area contributed by atoms with E-state index in [1.54, 1.807) is 30.1 Å². The van der Waals surface area contributed by atoms with E-state index in [4.69, 9.17) is 0 Å². The van der Waals surface area contributed by atoms with E-state index < -0.39 is 4.92 Å². The second kappa shape index (κ2) is 6.53. The van der Waals surface area contributed by atoms with Crippen LogP contribution in [0.1, 0.15) is 29.6 Å². The number of nitrogens with one attached hydrogen (secondary N) is 1. The first kappa shape index (κ1) is 16.7. The molecule has 0 saturated carbocycles. The number of nitrogens with zero attached hydrogens (tertiary/aromatic N) is 4. The van der Waals surface area contributed by atoms with Crippen molar-refractivity contribution >= 4 is 11.6 Å². The molecule has 0 aliphatic carbocycles. The lowest BCUT2D eigenvalue weighted by Crippen LogP contribution is -2.39. The third-order valence-electron chi connectivity index (χ3n) is 5.22. The number of fused-ring (bicyclic) bond motifs is 2. The highest BCUT2D eigenvalue weighted by molar-refractivity contribution is 5.99. The molecule has 1 N–H and O–H groups in total. The van der Waals surface area contributed by atoms with Gasteiger partial charge in [-0.1, -0.05) is 0 Å². The highest BCUT2D eigenvalue weighted by atomic mass is 16.6. The minimum absolute atomic E-state index is 0.0205. The molecule has 1 aromatic heterocycles. The quantitative estimate of drug-likeness (QED) is 0.671. The average molecular weight is 355 g/mol. The zero-order chi connectivity index (χ0) is 18.3. The molecule has 0 radical (unpaired) electrons. The lowest BCUT2D eigenvalue weighted by molar-refractivity contribution is -0.384. The Morgan fingerprint density at radius 3 is 2.69 bits per heavy atom. The Balaban J connectivity index is 1.62. The number of aromatic nitrogens is 2. The molecule has 1 aromatic carbocycles. The molecule has 8 heteroatoms. The third-order valence-corrected chi connectivity index (χ3v) is 5.22. The Kier molecular flexibility index (Phi) is 4.20. The van der Waals surface area contributed by atoms with Gasteiger partial charge in [0.1, 0.15) is 5.69 Å². The second-order valence-electron chi connectivity index (χ2n) is 7.05. The minimum Gasteiger partial charge on any atom is -0.337 e. The number of aryl methyl sites for hydroxylation is 1. The number of carbonyl (C=O) groups is 1. The molecule has 2 fully saturated rings. The Bertz CT molecular complexity index is 845. The number of non-ortho nitro benzene ring substituents is 1. The van der Waals surface area contributed by atoms with Crippen molar-refractivity contribution in [2.24, 2.45) is 7.05 Å². The summed E-state index contributed by atoms with van der Waals surface area (Å²) in [6, 6.07) is 7.04. The van der Waals surface area contributed by atoms with Crippen LogP contribution in [0, 0.1) is 10.1 Å². The Labute approximate surface area is 150 Å². The van der Waals surface area contributed by atoms with Crippen LogP contribution in [0.5, 0.6) is 0 Å². The van der Waals surface area contributed by atoms with E-state index in [1.807, 2.05) is 4.90 Å². The van der Waals surface area contributed by atoms with Crippen LogP contribution in [0.2, 0.25) is 0 Å². The van der Waals surface area contributed by atoms with Gasteiger partial charge in [0.15, 0.2) is 0 Å². The fourth-order valence-electron chi connectivity index (χ4n) is 3.90. The van der Waals surface area contributed by atoms with Gasteiger partial charge in [0.2, 0.25) is 0 Å². The second-order valence-corrected chi connectivity index (χ2v) is 7.05. The summed E-state index contributed by atoms with van der Waals surface area (Å²) in [5, 5.41) is 18.9. The highest BCUT2D eigenvalue weighted by Gasteiger charge is 2.32. The van der Waals surface area contributed by atoms with Crippen molar-refractivity contribution < 1.29 is 9.72 Å². The molecule has 0 spiro atoms. The van der Waals surface area contributed by atoms with E-state index in [1.165, 1.54) is 18.6 Å². The summed E-state index contributed by atoms with van der Waals surface area (Å²) < 4.78 is 1.62. The summed E-state index contributed by atoms with van der Waals surface area (Å²) in [7, 11) is 1.78. The zero-order valence-electron chi connectivity index (χ0n) is 14.6. The van der Waals surface area contributed by atoms with Gasteiger partial charge in [-0.15, -0.1) is 0 Å². The fourth-order valence-corrected chi connectivity index (χ4v) is 3.90. The number of carbonyl (C=O) groups excluding carboxylic acids is 1. The number of benzene rings is 1. The van der Waals surface area contributed by atoms with Gasteiger partial charge in [-0.2, -0.15) is 5.10 Å². The van der Waals surface area contributed by atoms with Crippen molar-refractivity contribution in [1.82, 2.24) is 20.0 Å². The van der Waals surface area contributed by atoms with Crippen molar-refractivity contribution in [3.63, 3.8) is 0 Å². The number of amides is 1. The molecule has 136 valence electrons. The van der Waals surface area contributed by atoms with Crippen molar-refractivity contribution in [3.05, 3.63) is 46.1 Å². The largest absolute Gasteiger partial charge is 0.337 e. The summed E-state index contributed by atoms with van der Waals surface area (Å²) >= 11 is 0. The topological polar surface area (TPSA) is 93.3 Å². The van der Waals surface area contributed by atoms with Gasteiger partial charge in [0, 0.05) is 56.1 Å². The minimum atomic E-state index is -0.437. The van der Waals surface area contributed by atoms with Crippen LogP contribution in [0.4, 0.5) is 5.69 Å². The summed E-state index contributed by atoms with van der Waals surface area (Å²) in [6.07, 6.45) is 5.00. The maximum Gasteiger partial charge on any atom is 0.269 e. The number of hydrogen-bond acceptors (Lipinski definition) is 5. The van der Waals surface area contributed by atoms with Gasteiger partial charge in [-0.3, -0.25) is 19.6 Å². The van der Waals surface area contributed by atoms with Crippen LogP contribution in [-0.2, 0) is 7.05 Å². The molecule has 3 heterocycles. The van der Waals surface area contributed by atoms with Crippen LogP contribution in [0.15, 0.2) is 30.5 Å². The predicted octanol–water partition coefficient (Wildman–Crippen LogP) is 1.96. The molecular formula is C18H21N5O3. The molecule has 4 rings (SSSR count). The van der Waals surface area contributed by atoms with Crippen molar-refractivity contribution in [2.45, 2.75) is 31.3 Å². The Hall–Kier alpha value is -2.74. The average Bonchev–Trinajstić information content (AvgIpc) is 3.16. The van der Waals surface area contributed by atoms with Crippen molar-refractivity contribution in [2.75, 3.05) is 13.1 Å². The molecule has 2 bridgehead atoms. The first-order valence-electron chi connectivity index (χ1n) is 8.85. The van der Waals surface area contributed by atoms with E-state index >= 15 is 0 Å². The number of hydrogen-bond donors (Lipinski definition) is 1. The van der Waals surface area contributed by atoms with Crippen molar-refractivity contribution in [3.8, 4) is 11.3 Å². The van der Waals surface area contributed by atoms with E-state index in [0.717, 1.165) is 19.4 Å². The molecule has 8 nitrogen and oxygen atoms in total. The van der Waals surface area contributed by atoms with E-state index in [9.17, 15) is 14.9 Å². The highest BCUT2D eigenvalue weighted by Crippen LogP contribution is 2.27. The van der Waals surface area contributed by atoms with Gasteiger partial charge in [-0.25, -0.2) is 0 Å². The smallest absolute Gasteiger partial charge is 0.269 e. The fraction of sp³-hybridized carbons (Fsp3) is 0.444. The third kappa shape index (κ3) is 3.08.